The Bertz CT molecular complexity index is 1030. The van der Waals surface area contributed by atoms with Crippen LogP contribution in [0.4, 0.5) is 16.2 Å². The Balaban J connectivity index is 1.91. The molecule has 0 atom stereocenters. The van der Waals surface area contributed by atoms with Gasteiger partial charge in [-0.2, -0.15) is 0 Å². The number of carbonyl (C=O) groups excluding carboxylic acids is 2. The molecular formula is C22H25N3O4. The normalized spacial score (nSPS) is 11.2. The van der Waals surface area contributed by atoms with Gasteiger partial charge >= 0.3 is 6.09 Å². The van der Waals surface area contributed by atoms with Crippen LogP contribution in [-0.4, -0.2) is 24.1 Å². The zero-order chi connectivity index (χ0) is 21.2. The van der Waals surface area contributed by atoms with Gasteiger partial charge in [0.15, 0.2) is 5.75 Å². The van der Waals surface area contributed by atoms with Crippen LogP contribution in [-0.2, 0) is 10.2 Å². The average Bonchev–Trinajstić information content (AvgIpc) is 3.02. The predicted octanol–water partition coefficient (Wildman–Crippen LogP) is 5.04. The number of fused-ring (bicyclic) bond motifs is 1. The van der Waals surface area contributed by atoms with E-state index in [0.29, 0.717) is 23.0 Å². The summed E-state index contributed by atoms with van der Waals surface area (Å²) < 4.78 is 10.9. The van der Waals surface area contributed by atoms with Crippen molar-refractivity contribution < 1.29 is 19.1 Å². The molecule has 0 radical (unpaired) electrons. The predicted molar refractivity (Wildman–Crippen MR) is 114 cm³/mol. The monoisotopic (exact) mass is 395 g/mol. The molecule has 0 saturated carbocycles. The van der Waals surface area contributed by atoms with Crippen LogP contribution >= 0.6 is 0 Å². The maximum Gasteiger partial charge on any atom is 0.418 e. The molecule has 1 heterocycles. The Hall–Kier alpha value is -3.48. The van der Waals surface area contributed by atoms with Gasteiger partial charge in [-0.3, -0.25) is 10.1 Å². The van der Waals surface area contributed by atoms with Gasteiger partial charge in [0.1, 0.15) is 0 Å². The molecule has 0 spiro atoms. The maximum absolute atomic E-state index is 12.5. The van der Waals surface area contributed by atoms with Crippen LogP contribution in [0.3, 0.4) is 0 Å². The largest absolute Gasteiger partial charge is 0.492 e. The molecule has 0 aliphatic carbocycles. The summed E-state index contributed by atoms with van der Waals surface area (Å²) in [5, 5.41) is 6.42. The molecule has 7 nitrogen and oxygen atoms in total. The van der Waals surface area contributed by atoms with Crippen molar-refractivity contribution in [3.63, 3.8) is 0 Å². The van der Waals surface area contributed by atoms with E-state index in [1.807, 2.05) is 57.2 Å². The molecule has 152 valence electrons. The van der Waals surface area contributed by atoms with E-state index < -0.39 is 6.09 Å². The minimum absolute atomic E-state index is 0.211. The first kappa shape index (κ1) is 20.3. The van der Waals surface area contributed by atoms with E-state index in [1.54, 1.807) is 6.07 Å². The van der Waals surface area contributed by atoms with Crippen LogP contribution in [0.1, 0.15) is 33.3 Å². The number of ether oxygens (including phenoxy) is 2. The van der Waals surface area contributed by atoms with Crippen molar-refractivity contribution in [1.82, 2.24) is 4.98 Å². The van der Waals surface area contributed by atoms with E-state index in [-0.39, 0.29) is 11.3 Å². The molecule has 1 aromatic heterocycles. The van der Waals surface area contributed by atoms with Crippen molar-refractivity contribution in [2.24, 2.45) is 0 Å². The Morgan fingerprint density at radius 2 is 1.66 bits per heavy atom. The Labute approximate surface area is 169 Å². The van der Waals surface area contributed by atoms with Crippen molar-refractivity contribution >= 4 is 34.3 Å². The molecule has 0 saturated heterocycles. The third kappa shape index (κ3) is 4.68. The van der Waals surface area contributed by atoms with E-state index in [2.05, 4.69) is 15.6 Å². The number of nitrogens with one attached hydrogen (secondary N) is 3. The lowest BCUT2D eigenvalue weighted by Gasteiger charge is -2.23. The molecule has 29 heavy (non-hydrogen) atoms. The number of anilines is 2. The Morgan fingerprint density at radius 3 is 2.24 bits per heavy atom. The lowest BCUT2D eigenvalue weighted by Crippen LogP contribution is -2.20. The molecule has 0 unspecified atom stereocenters. The molecule has 0 bridgehead atoms. The lowest BCUT2D eigenvalue weighted by molar-refractivity contribution is -0.114. The molecule has 3 N–H and O–H groups in total. The van der Waals surface area contributed by atoms with E-state index in [0.717, 1.165) is 16.5 Å². The van der Waals surface area contributed by atoms with Crippen LogP contribution in [0.5, 0.6) is 11.6 Å². The highest BCUT2D eigenvalue weighted by atomic mass is 16.6. The van der Waals surface area contributed by atoms with E-state index in [9.17, 15) is 9.59 Å². The fourth-order valence-corrected chi connectivity index (χ4v) is 2.99. The number of benzene rings is 2. The summed E-state index contributed by atoms with van der Waals surface area (Å²) in [6, 6.07) is 13.0. The van der Waals surface area contributed by atoms with Gasteiger partial charge in [-0.05, 0) is 29.2 Å². The van der Waals surface area contributed by atoms with E-state index >= 15 is 0 Å². The molecular weight excluding hydrogens is 370 g/mol. The second-order valence-corrected chi connectivity index (χ2v) is 7.77. The number of amides is 2. The second-order valence-electron chi connectivity index (χ2n) is 7.77. The maximum atomic E-state index is 12.5. The molecule has 0 aliphatic heterocycles. The van der Waals surface area contributed by atoms with Gasteiger partial charge in [-0.25, -0.2) is 4.79 Å². The highest BCUT2D eigenvalue weighted by molar-refractivity contribution is 5.96. The van der Waals surface area contributed by atoms with Crippen molar-refractivity contribution in [3.05, 3.63) is 48.0 Å². The van der Waals surface area contributed by atoms with E-state index in [4.69, 9.17) is 9.47 Å². The zero-order valence-electron chi connectivity index (χ0n) is 17.2. The van der Waals surface area contributed by atoms with Gasteiger partial charge in [0.25, 0.3) is 0 Å². The number of rotatable bonds is 4. The number of H-pyrrole nitrogens is 1. The second kappa shape index (κ2) is 7.87. The first-order valence-electron chi connectivity index (χ1n) is 9.24. The molecule has 0 aliphatic rings. The van der Waals surface area contributed by atoms with Gasteiger partial charge in [-0.1, -0.05) is 39.0 Å². The molecule has 7 heteroatoms. The summed E-state index contributed by atoms with van der Waals surface area (Å²) in [6.07, 6.45) is -0.672. The number of hydrogen-bond donors (Lipinski definition) is 3. The van der Waals surface area contributed by atoms with Gasteiger partial charge in [-0.15, -0.1) is 0 Å². The van der Waals surface area contributed by atoms with Crippen molar-refractivity contribution in [1.29, 1.82) is 0 Å². The lowest BCUT2D eigenvalue weighted by atomic mass is 9.86. The van der Waals surface area contributed by atoms with Crippen molar-refractivity contribution in [2.75, 3.05) is 17.7 Å². The Kier molecular flexibility index (Phi) is 5.50. The SMILES string of the molecule is COc1c(NC(C)=O)cc(C(C)(C)C)cc1NC(=O)Oc1cc2ccccc2[nH]1. The van der Waals surface area contributed by atoms with Gasteiger partial charge in [0.2, 0.25) is 11.8 Å². The minimum Gasteiger partial charge on any atom is -0.492 e. The number of carbonyl (C=O) groups is 2. The molecule has 2 amide bonds. The summed E-state index contributed by atoms with van der Waals surface area (Å²) in [7, 11) is 1.48. The number of aromatic nitrogens is 1. The molecule has 0 fully saturated rings. The third-order valence-corrected chi connectivity index (χ3v) is 4.41. The number of aromatic amines is 1. The highest BCUT2D eigenvalue weighted by Gasteiger charge is 2.22. The third-order valence-electron chi connectivity index (χ3n) is 4.41. The molecule has 3 aromatic rings. The average molecular weight is 395 g/mol. The first-order chi connectivity index (χ1) is 13.7. The van der Waals surface area contributed by atoms with Crippen molar-refractivity contribution in [2.45, 2.75) is 33.1 Å². The summed E-state index contributed by atoms with van der Waals surface area (Å²) in [5.41, 5.74) is 2.47. The topological polar surface area (TPSA) is 92.5 Å². The fraction of sp³-hybridized carbons (Fsp3) is 0.273. The summed E-state index contributed by atoms with van der Waals surface area (Å²) >= 11 is 0. The summed E-state index contributed by atoms with van der Waals surface area (Å²) in [5.74, 6) is 0.444. The van der Waals surface area contributed by atoms with Gasteiger partial charge < -0.3 is 19.8 Å². The first-order valence-corrected chi connectivity index (χ1v) is 9.24. The number of hydrogen-bond acceptors (Lipinski definition) is 4. The van der Waals surface area contributed by atoms with Crippen LogP contribution in [0.2, 0.25) is 0 Å². The van der Waals surface area contributed by atoms with E-state index in [1.165, 1.54) is 14.0 Å². The smallest absolute Gasteiger partial charge is 0.418 e. The van der Waals surface area contributed by atoms with Crippen molar-refractivity contribution in [3.8, 4) is 11.6 Å². The highest BCUT2D eigenvalue weighted by Crippen LogP contribution is 2.38. The molecule has 2 aromatic carbocycles. The van der Waals surface area contributed by atoms with Crippen LogP contribution in [0.25, 0.3) is 10.9 Å². The summed E-state index contributed by atoms with van der Waals surface area (Å²) in [6.45, 7) is 7.54. The Morgan fingerprint density at radius 1 is 1.00 bits per heavy atom. The van der Waals surface area contributed by atoms with Gasteiger partial charge in [0.05, 0.1) is 18.5 Å². The quantitative estimate of drug-likeness (QED) is 0.577. The fourth-order valence-electron chi connectivity index (χ4n) is 2.99. The summed E-state index contributed by atoms with van der Waals surface area (Å²) in [4.78, 5) is 27.2. The van der Waals surface area contributed by atoms with Crippen LogP contribution in [0.15, 0.2) is 42.5 Å². The van der Waals surface area contributed by atoms with Crippen LogP contribution in [0, 0.1) is 0 Å². The molecule has 3 rings (SSSR count). The minimum atomic E-state index is -0.672. The number of methoxy groups -OCH3 is 1. The van der Waals surface area contributed by atoms with Gasteiger partial charge in [0, 0.05) is 23.9 Å². The number of para-hydroxylation sites is 1. The van der Waals surface area contributed by atoms with Crippen LogP contribution < -0.4 is 20.1 Å². The zero-order valence-corrected chi connectivity index (χ0v) is 17.2. The standard InChI is InChI=1S/C22H25N3O4/c1-13(26)23-17-11-15(22(2,3)4)12-18(20(17)28-5)25-21(27)29-19-10-14-8-6-7-9-16(14)24-19/h6-12,24H,1-5H3,(H,23,26)(H,25,27).